The molecule has 0 atom stereocenters. The predicted molar refractivity (Wildman–Crippen MR) is 130 cm³/mol. The first kappa shape index (κ1) is 24.0. The summed E-state index contributed by atoms with van der Waals surface area (Å²) in [6.07, 6.45) is 1.07. The highest BCUT2D eigenvalue weighted by Gasteiger charge is 2.20. The number of sulfonamides is 1. The third-order valence-corrected chi connectivity index (χ3v) is 6.39. The Labute approximate surface area is 200 Å². The molecule has 0 aliphatic heterocycles. The van der Waals surface area contributed by atoms with Gasteiger partial charge in [-0.05, 0) is 82.2 Å². The smallest absolute Gasteiger partial charge is 0.241 e. The van der Waals surface area contributed by atoms with Gasteiger partial charge in [0.1, 0.15) is 24.7 Å². The van der Waals surface area contributed by atoms with E-state index in [0.717, 1.165) is 25.3 Å². The van der Waals surface area contributed by atoms with Crippen LogP contribution in [0.4, 0.5) is 10.1 Å². The number of amides is 1. The number of hydrogen-bond donors (Lipinski definition) is 1. The number of anilines is 1. The maximum Gasteiger partial charge on any atom is 0.241 e. The Morgan fingerprint density at radius 2 is 1.56 bits per heavy atom. The number of rotatable bonds is 9. The summed E-state index contributed by atoms with van der Waals surface area (Å²) in [6, 6.07) is 20.2. The highest BCUT2D eigenvalue weighted by Crippen LogP contribution is 2.19. The molecule has 9 heteroatoms. The number of ether oxygens (including phenoxy) is 1. The van der Waals surface area contributed by atoms with Crippen molar-refractivity contribution in [3.8, 4) is 5.75 Å². The fraction of sp³-hybridized carbons (Fsp3) is 0.174. The van der Waals surface area contributed by atoms with Gasteiger partial charge >= 0.3 is 0 Å². The Kier molecular flexibility index (Phi) is 8.08. The molecule has 168 valence electrons. The lowest BCUT2D eigenvalue weighted by Crippen LogP contribution is -2.40. The minimum absolute atomic E-state index is 0.251. The fourth-order valence-electron chi connectivity index (χ4n) is 2.85. The summed E-state index contributed by atoms with van der Waals surface area (Å²) in [6.45, 7) is 0.260. The average molecular weight is 568 g/mol. The molecule has 0 radical (unpaired) electrons. The fourth-order valence-corrected chi connectivity index (χ4v) is 4.06. The van der Waals surface area contributed by atoms with E-state index in [1.54, 1.807) is 48.5 Å². The summed E-state index contributed by atoms with van der Waals surface area (Å²) in [4.78, 5) is 12.4. The maximum absolute atomic E-state index is 12.9. The number of carbonyl (C=O) groups is 1. The van der Waals surface area contributed by atoms with Crippen molar-refractivity contribution in [1.29, 1.82) is 0 Å². The summed E-state index contributed by atoms with van der Waals surface area (Å²) >= 11 is 2.13. The van der Waals surface area contributed by atoms with Crippen molar-refractivity contribution in [1.82, 2.24) is 5.32 Å². The van der Waals surface area contributed by atoms with E-state index >= 15 is 0 Å². The Morgan fingerprint density at radius 1 is 0.969 bits per heavy atom. The zero-order chi connectivity index (χ0) is 23.1. The molecule has 6 nitrogen and oxygen atoms in total. The minimum atomic E-state index is -3.61. The predicted octanol–water partition coefficient (Wildman–Crippen LogP) is 4.09. The summed E-state index contributed by atoms with van der Waals surface area (Å²) in [5, 5.41) is 2.74. The first-order chi connectivity index (χ1) is 15.2. The van der Waals surface area contributed by atoms with E-state index in [1.165, 1.54) is 12.1 Å². The third-order valence-electron chi connectivity index (χ3n) is 4.53. The number of nitrogens with one attached hydrogen (secondary N) is 1. The molecule has 0 unspecified atom stereocenters. The van der Waals surface area contributed by atoms with Crippen LogP contribution in [-0.4, -0.2) is 27.1 Å². The van der Waals surface area contributed by atoms with Gasteiger partial charge in [-0.3, -0.25) is 9.10 Å². The molecule has 0 aromatic heterocycles. The number of benzene rings is 3. The summed E-state index contributed by atoms with van der Waals surface area (Å²) < 4.78 is 45.0. The van der Waals surface area contributed by atoms with Crippen molar-refractivity contribution in [3.63, 3.8) is 0 Å². The molecule has 0 spiro atoms. The molecule has 0 saturated carbocycles. The minimum Gasteiger partial charge on any atom is -0.489 e. The molecular formula is C23H22FIN2O4S. The first-order valence-electron chi connectivity index (χ1n) is 9.67. The van der Waals surface area contributed by atoms with Gasteiger partial charge in [-0.1, -0.05) is 24.3 Å². The van der Waals surface area contributed by atoms with Crippen LogP contribution in [0.15, 0.2) is 72.8 Å². The molecule has 32 heavy (non-hydrogen) atoms. The van der Waals surface area contributed by atoms with Crippen molar-refractivity contribution in [3.05, 3.63) is 93.3 Å². The van der Waals surface area contributed by atoms with Gasteiger partial charge in [-0.15, -0.1) is 0 Å². The topological polar surface area (TPSA) is 75.7 Å². The van der Waals surface area contributed by atoms with E-state index in [1.807, 2.05) is 12.1 Å². The van der Waals surface area contributed by atoms with E-state index < -0.39 is 15.9 Å². The lowest BCUT2D eigenvalue weighted by Gasteiger charge is -2.22. The number of carbonyl (C=O) groups excluding carboxylic acids is 1. The molecule has 3 aromatic carbocycles. The molecule has 0 heterocycles. The van der Waals surface area contributed by atoms with Crippen LogP contribution in [0.25, 0.3) is 0 Å². The van der Waals surface area contributed by atoms with Crippen molar-refractivity contribution >= 4 is 44.2 Å². The van der Waals surface area contributed by atoms with Gasteiger partial charge in [0, 0.05) is 10.1 Å². The maximum atomic E-state index is 12.9. The van der Waals surface area contributed by atoms with Crippen molar-refractivity contribution < 1.29 is 22.3 Å². The van der Waals surface area contributed by atoms with Crippen LogP contribution in [0, 0.1) is 9.39 Å². The first-order valence-corrected chi connectivity index (χ1v) is 12.6. The SMILES string of the molecule is CS(=O)(=O)N(CC(=O)NCc1ccc(OCc2ccc(F)cc2)cc1)c1ccc(I)cc1. The average Bonchev–Trinajstić information content (AvgIpc) is 2.76. The molecule has 0 saturated heterocycles. The van der Waals surface area contributed by atoms with E-state index in [-0.39, 0.29) is 18.9 Å². The quantitative estimate of drug-likeness (QED) is 0.395. The van der Waals surface area contributed by atoms with E-state index in [0.29, 0.717) is 18.0 Å². The zero-order valence-electron chi connectivity index (χ0n) is 17.3. The van der Waals surface area contributed by atoms with Crippen LogP contribution >= 0.6 is 22.6 Å². The van der Waals surface area contributed by atoms with Gasteiger partial charge in [0.2, 0.25) is 15.9 Å². The highest BCUT2D eigenvalue weighted by molar-refractivity contribution is 14.1. The molecule has 0 bridgehead atoms. The van der Waals surface area contributed by atoms with Crippen LogP contribution in [0.3, 0.4) is 0 Å². The second kappa shape index (κ2) is 10.8. The molecule has 0 aliphatic rings. The Balaban J connectivity index is 1.53. The third kappa shape index (κ3) is 7.20. The Morgan fingerprint density at radius 3 is 2.16 bits per heavy atom. The summed E-state index contributed by atoms with van der Waals surface area (Å²) in [7, 11) is -3.61. The largest absolute Gasteiger partial charge is 0.489 e. The van der Waals surface area contributed by atoms with E-state index in [4.69, 9.17) is 4.74 Å². The van der Waals surface area contributed by atoms with Crippen molar-refractivity contribution in [2.45, 2.75) is 13.2 Å². The molecule has 3 aromatic rings. The van der Waals surface area contributed by atoms with Crippen LogP contribution in [-0.2, 0) is 28.0 Å². The van der Waals surface area contributed by atoms with Crippen LogP contribution in [0.2, 0.25) is 0 Å². The van der Waals surface area contributed by atoms with Crippen LogP contribution < -0.4 is 14.4 Å². The normalized spacial score (nSPS) is 11.1. The molecule has 1 amide bonds. The molecule has 3 rings (SSSR count). The number of hydrogen-bond acceptors (Lipinski definition) is 4. The number of halogens is 2. The monoisotopic (exact) mass is 568 g/mol. The second-order valence-corrected chi connectivity index (χ2v) is 10.2. The van der Waals surface area contributed by atoms with Crippen molar-refractivity contribution in [2.75, 3.05) is 17.1 Å². The van der Waals surface area contributed by atoms with Gasteiger partial charge in [0.05, 0.1) is 11.9 Å². The molecule has 0 fully saturated rings. The summed E-state index contributed by atoms with van der Waals surface area (Å²) in [5.74, 6) is -0.0599. The summed E-state index contributed by atoms with van der Waals surface area (Å²) in [5.41, 5.74) is 2.13. The van der Waals surface area contributed by atoms with Gasteiger partial charge in [-0.2, -0.15) is 0 Å². The van der Waals surface area contributed by atoms with Crippen LogP contribution in [0.1, 0.15) is 11.1 Å². The lowest BCUT2D eigenvalue weighted by atomic mass is 10.2. The molecule has 1 N–H and O–H groups in total. The standard InChI is InChI=1S/C23H22FIN2O4S/c1-32(29,30)27(21-10-8-20(25)9-11-21)15-23(28)26-14-17-4-12-22(13-5-17)31-16-18-2-6-19(24)7-3-18/h2-13H,14-16H2,1H3,(H,26,28). The van der Waals surface area contributed by atoms with Gasteiger partial charge < -0.3 is 10.1 Å². The van der Waals surface area contributed by atoms with Gasteiger partial charge in [-0.25, -0.2) is 12.8 Å². The lowest BCUT2D eigenvalue weighted by molar-refractivity contribution is -0.119. The Hall–Kier alpha value is -2.66. The van der Waals surface area contributed by atoms with Gasteiger partial charge in [0.15, 0.2) is 0 Å². The molecular weight excluding hydrogens is 546 g/mol. The van der Waals surface area contributed by atoms with Crippen LogP contribution in [0.5, 0.6) is 5.75 Å². The highest BCUT2D eigenvalue weighted by atomic mass is 127. The van der Waals surface area contributed by atoms with E-state index in [9.17, 15) is 17.6 Å². The Bertz CT molecular complexity index is 1150. The van der Waals surface area contributed by atoms with Gasteiger partial charge in [0.25, 0.3) is 0 Å². The number of nitrogens with zero attached hydrogens (tertiary/aromatic N) is 1. The van der Waals surface area contributed by atoms with E-state index in [2.05, 4.69) is 27.9 Å². The van der Waals surface area contributed by atoms with Crippen molar-refractivity contribution in [2.24, 2.45) is 0 Å². The zero-order valence-corrected chi connectivity index (χ0v) is 20.3. The molecule has 0 aliphatic carbocycles. The second-order valence-electron chi connectivity index (χ2n) is 7.08.